The fourth-order valence-corrected chi connectivity index (χ4v) is 5.43. The van der Waals surface area contributed by atoms with Crippen LogP contribution < -0.4 is 0 Å². The Kier molecular flexibility index (Phi) is 4.45. The number of nitrogens with zero attached hydrogens (tertiary/aromatic N) is 4. The lowest BCUT2D eigenvalue weighted by Crippen LogP contribution is -2.06. The fraction of sp³-hybridized carbons (Fsp3) is 0. The van der Waals surface area contributed by atoms with Gasteiger partial charge in [-0.1, -0.05) is 97.1 Å². The highest BCUT2D eigenvalue weighted by Gasteiger charge is 2.19. The molecule has 0 fully saturated rings. The summed E-state index contributed by atoms with van der Waals surface area (Å²) in [5.41, 5.74) is 6.23. The Morgan fingerprint density at radius 2 is 1.05 bits per heavy atom. The number of aromatic amines is 1. The quantitative estimate of drug-likeness (QED) is 0.275. The molecule has 5 heteroatoms. The number of H-pyrrole nitrogens is 1. The lowest BCUT2D eigenvalue weighted by atomic mass is 10.1. The van der Waals surface area contributed by atoms with Gasteiger partial charge in [-0.15, -0.1) is 0 Å². The molecule has 0 aliphatic rings. The van der Waals surface area contributed by atoms with Crippen molar-refractivity contribution in [2.45, 2.75) is 0 Å². The van der Waals surface area contributed by atoms with E-state index in [2.05, 4.69) is 70.2 Å². The first-order valence-electron chi connectivity index (χ1n) is 12.6. The third-order valence-corrected chi connectivity index (χ3v) is 7.19. The average molecular weight is 488 g/mol. The summed E-state index contributed by atoms with van der Waals surface area (Å²) >= 11 is 0. The summed E-state index contributed by atoms with van der Waals surface area (Å²) in [7, 11) is 0. The van der Waals surface area contributed by atoms with E-state index in [0.29, 0.717) is 17.6 Å². The van der Waals surface area contributed by atoms with Gasteiger partial charge in [-0.2, -0.15) is 9.97 Å². The molecule has 5 aromatic carbocycles. The van der Waals surface area contributed by atoms with Crippen molar-refractivity contribution in [3.05, 3.63) is 121 Å². The van der Waals surface area contributed by atoms with E-state index in [0.717, 1.165) is 38.6 Å². The number of fused-ring (bicyclic) bond motifs is 6. The van der Waals surface area contributed by atoms with Crippen LogP contribution in [-0.4, -0.2) is 24.5 Å². The van der Waals surface area contributed by atoms with Crippen LogP contribution in [0.5, 0.6) is 0 Å². The highest BCUT2D eigenvalue weighted by atomic mass is 15.2. The maximum Gasteiger partial charge on any atom is 0.238 e. The summed E-state index contributed by atoms with van der Waals surface area (Å²) in [6.07, 6.45) is 0. The Morgan fingerprint density at radius 1 is 0.447 bits per heavy atom. The summed E-state index contributed by atoms with van der Waals surface area (Å²) in [5.74, 6) is 1.89. The zero-order chi connectivity index (χ0) is 25.1. The predicted octanol–water partition coefficient (Wildman–Crippen LogP) is 7.94. The van der Waals surface area contributed by atoms with Crippen molar-refractivity contribution in [2.24, 2.45) is 0 Å². The molecule has 1 N–H and O–H groups in total. The molecule has 8 rings (SSSR count). The zero-order valence-electron chi connectivity index (χ0n) is 20.3. The fourth-order valence-electron chi connectivity index (χ4n) is 5.43. The first kappa shape index (κ1) is 20.9. The molecular formula is C33H21N5. The van der Waals surface area contributed by atoms with Crippen LogP contribution in [0.3, 0.4) is 0 Å². The molecule has 8 aromatic rings. The van der Waals surface area contributed by atoms with Crippen LogP contribution in [0.4, 0.5) is 0 Å². The minimum atomic E-state index is 0.597. The summed E-state index contributed by atoms with van der Waals surface area (Å²) in [4.78, 5) is 18.5. The number of para-hydroxylation sites is 2. The molecule has 3 aromatic heterocycles. The minimum Gasteiger partial charge on any atom is -0.354 e. The Morgan fingerprint density at radius 3 is 1.76 bits per heavy atom. The molecule has 0 bridgehead atoms. The summed E-state index contributed by atoms with van der Waals surface area (Å²) < 4.78 is 2.16. The maximum absolute atomic E-state index is 5.03. The zero-order valence-corrected chi connectivity index (χ0v) is 20.3. The number of benzene rings is 5. The second-order valence-electron chi connectivity index (χ2n) is 9.45. The second kappa shape index (κ2) is 8.11. The second-order valence-corrected chi connectivity index (χ2v) is 9.45. The maximum atomic E-state index is 5.03. The molecule has 3 heterocycles. The van der Waals surface area contributed by atoms with Crippen LogP contribution in [0.15, 0.2) is 121 Å². The van der Waals surface area contributed by atoms with Crippen LogP contribution in [0, 0.1) is 0 Å². The summed E-state index contributed by atoms with van der Waals surface area (Å²) in [6, 6.07) is 41.6. The van der Waals surface area contributed by atoms with Crippen LogP contribution in [0.1, 0.15) is 0 Å². The van der Waals surface area contributed by atoms with Crippen molar-refractivity contribution in [2.75, 3.05) is 0 Å². The molecule has 0 atom stereocenters. The highest BCUT2D eigenvalue weighted by molar-refractivity contribution is 6.18. The van der Waals surface area contributed by atoms with Crippen molar-refractivity contribution in [1.82, 2.24) is 24.5 Å². The molecule has 0 aliphatic heterocycles. The van der Waals surface area contributed by atoms with E-state index in [4.69, 9.17) is 15.0 Å². The van der Waals surface area contributed by atoms with Gasteiger partial charge in [-0.05, 0) is 24.3 Å². The van der Waals surface area contributed by atoms with Crippen molar-refractivity contribution in [3.63, 3.8) is 0 Å². The number of hydrogen-bond donors (Lipinski definition) is 1. The smallest absolute Gasteiger partial charge is 0.238 e. The molecule has 0 aliphatic carbocycles. The van der Waals surface area contributed by atoms with E-state index >= 15 is 0 Å². The third-order valence-electron chi connectivity index (χ3n) is 7.19. The topological polar surface area (TPSA) is 59.4 Å². The predicted molar refractivity (Wildman–Crippen MR) is 154 cm³/mol. The third kappa shape index (κ3) is 3.15. The van der Waals surface area contributed by atoms with Crippen LogP contribution in [0.2, 0.25) is 0 Å². The molecule has 0 radical (unpaired) electrons. The van der Waals surface area contributed by atoms with E-state index in [9.17, 15) is 0 Å². The number of hydrogen-bond acceptors (Lipinski definition) is 3. The number of aromatic nitrogens is 5. The molecule has 38 heavy (non-hydrogen) atoms. The lowest BCUT2D eigenvalue weighted by Gasteiger charge is -2.10. The summed E-state index contributed by atoms with van der Waals surface area (Å²) in [6.45, 7) is 0. The molecule has 0 spiro atoms. The largest absolute Gasteiger partial charge is 0.354 e. The van der Waals surface area contributed by atoms with E-state index in [-0.39, 0.29) is 0 Å². The van der Waals surface area contributed by atoms with E-state index in [1.165, 1.54) is 16.2 Å². The Bertz CT molecular complexity index is 2060. The van der Waals surface area contributed by atoms with Crippen molar-refractivity contribution in [1.29, 1.82) is 0 Å². The minimum absolute atomic E-state index is 0.597. The Balaban J connectivity index is 1.48. The standard InChI is InChI=1S/C33H21N5/c1-3-11-21(12-4-1)31-35-32(22-13-5-2-6-14-22)37-33(36-31)38-29-18-10-8-16-24(29)26-19-25-23-15-7-9-17-27(23)34-28(25)20-30(26)38/h1-20,34H. The molecule has 0 saturated heterocycles. The molecule has 5 nitrogen and oxygen atoms in total. The van der Waals surface area contributed by atoms with E-state index in [1.807, 2.05) is 60.7 Å². The van der Waals surface area contributed by atoms with Gasteiger partial charge in [0.15, 0.2) is 11.6 Å². The highest BCUT2D eigenvalue weighted by Crippen LogP contribution is 2.36. The van der Waals surface area contributed by atoms with Crippen LogP contribution in [0.25, 0.3) is 72.3 Å². The SMILES string of the molecule is c1ccc(-c2nc(-c3ccccc3)nc(-n3c4ccccc4c4cc5c(cc43)[nH]c3ccccc35)n2)cc1. The van der Waals surface area contributed by atoms with Crippen molar-refractivity contribution >= 4 is 43.6 Å². The van der Waals surface area contributed by atoms with Gasteiger partial charge in [0.25, 0.3) is 0 Å². The van der Waals surface area contributed by atoms with Gasteiger partial charge in [0.1, 0.15) is 0 Å². The van der Waals surface area contributed by atoms with Crippen molar-refractivity contribution < 1.29 is 0 Å². The Labute approximate surface area is 218 Å². The Hall–Kier alpha value is -5.29. The van der Waals surface area contributed by atoms with Gasteiger partial charge in [0.05, 0.1) is 11.0 Å². The number of nitrogens with one attached hydrogen (secondary N) is 1. The van der Waals surface area contributed by atoms with Crippen LogP contribution in [-0.2, 0) is 0 Å². The molecule has 0 saturated carbocycles. The molecule has 0 unspecified atom stereocenters. The van der Waals surface area contributed by atoms with E-state index < -0.39 is 0 Å². The van der Waals surface area contributed by atoms with Gasteiger partial charge in [0.2, 0.25) is 5.95 Å². The van der Waals surface area contributed by atoms with Crippen LogP contribution >= 0.6 is 0 Å². The first-order valence-corrected chi connectivity index (χ1v) is 12.6. The summed E-state index contributed by atoms with van der Waals surface area (Å²) in [5, 5.41) is 4.76. The van der Waals surface area contributed by atoms with Gasteiger partial charge >= 0.3 is 0 Å². The van der Waals surface area contributed by atoms with Crippen molar-refractivity contribution in [3.8, 4) is 28.7 Å². The van der Waals surface area contributed by atoms with Gasteiger partial charge in [-0.3, -0.25) is 4.57 Å². The molecular weight excluding hydrogens is 466 g/mol. The van der Waals surface area contributed by atoms with E-state index in [1.54, 1.807) is 0 Å². The van der Waals surface area contributed by atoms with Gasteiger partial charge in [-0.25, -0.2) is 4.98 Å². The number of rotatable bonds is 3. The van der Waals surface area contributed by atoms with Gasteiger partial charge < -0.3 is 4.98 Å². The monoisotopic (exact) mass is 487 g/mol. The average Bonchev–Trinajstić information content (AvgIpc) is 3.51. The first-order chi connectivity index (χ1) is 18.8. The molecule has 0 amide bonds. The van der Waals surface area contributed by atoms with Gasteiger partial charge in [0, 0.05) is 43.7 Å². The molecule has 178 valence electrons. The normalized spacial score (nSPS) is 11.7. The lowest BCUT2D eigenvalue weighted by molar-refractivity contribution is 0.954.